The number of nitrogens with one attached hydrogen (secondary N) is 1. The third-order valence-electron chi connectivity index (χ3n) is 3.89. The summed E-state index contributed by atoms with van der Waals surface area (Å²) in [4.78, 5) is 6.59. The van der Waals surface area contributed by atoms with Crippen molar-refractivity contribution >= 4 is 15.8 Å². The highest BCUT2D eigenvalue weighted by molar-refractivity contribution is 7.89. The van der Waals surface area contributed by atoms with E-state index in [9.17, 15) is 8.42 Å². The van der Waals surface area contributed by atoms with Gasteiger partial charge in [-0.2, -0.15) is 4.31 Å². The monoisotopic (exact) mass is 312 g/mol. The van der Waals surface area contributed by atoms with Crippen LogP contribution in [0.25, 0.3) is 0 Å². The molecule has 0 aliphatic carbocycles. The van der Waals surface area contributed by atoms with Crippen LogP contribution in [0.3, 0.4) is 0 Å². The first-order chi connectivity index (χ1) is 9.96. The Morgan fingerprint density at radius 1 is 1.38 bits per heavy atom. The average molecular weight is 312 g/mol. The van der Waals surface area contributed by atoms with Crippen molar-refractivity contribution in [3.63, 3.8) is 0 Å². The fourth-order valence-corrected chi connectivity index (χ4v) is 4.23. The van der Waals surface area contributed by atoms with E-state index >= 15 is 0 Å². The minimum Gasteiger partial charge on any atom is -0.369 e. The van der Waals surface area contributed by atoms with Crippen molar-refractivity contribution in [3.8, 4) is 0 Å². The molecule has 7 heteroatoms. The first-order valence-corrected chi connectivity index (χ1v) is 8.76. The van der Waals surface area contributed by atoms with Crippen LogP contribution >= 0.6 is 0 Å². The molecular formula is C14H24N4O2S. The topological polar surface area (TPSA) is 65.5 Å². The quantitative estimate of drug-likeness (QED) is 0.886. The number of sulfonamides is 1. The van der Waals surface area contributed by atoms with Crippen LogP contribution in [0.1, 0.15) is 19.8 Å². The summed E-state index contributed by atoms with van der Waals surface area (Å²) in [5.74, 6) is 0.440. The van der Waals surface area contributed by atoms with E-state index in [1.807, 2.05) is 21.0 Å². The van der Waals surface area contributed by atoms with Gasteiger partial charge in [-0.3, -0.25) is 0 Å². The van der Waals surface area contributed by atoms with Crippen LogP contribution in [-0.4, -0.2) is 62.4 Å². The zero-order valence-electron chi connectivity index (χ0n) is 12.9. The molecule has 21 heavy (non-hydrogen) atoms. The predicted octanol–water partition coefficient (Wildman–Crippen LogP) is 1.23. The second-order valence-electron chi connectivity index (χ2n) is 5.48. The van der Waals surface area contributed by atoms with Crippen molar-refractivity contribution in [2.45, 2.75) is 30.7 Å². The summed E-state index contributed by atoms with van der Waals surface area (Å²) in [6.07, 6.45) is 3.33. The van der Waals surface area contributed by atoms with Crippen LogP contribution < -0.4 is 5.32 Å². The first-order valence-electron chi connectivity index (χ1n) is 7.32. The number of nitrogens with zero attached hydrogens (tertiary/aromatic N) is 3. The molecule has 1 saturated heterocycles. The maximum absolute atomic E-state index is 12.8. The molecular weight excluding hydrogens is 288 g/mol. The molecule has 6 nitrogen and oxygen atoms in total. The summed E-state index contributed by atoms with van der Waals surface area (Å²) in [5.41, 5.74) is 0. The first kappa shape index (κ1) is 16.2. The van der Waals surface area contributed by atoms with Gasteiger partial charge in [0.2, 0.25) is 10.0 Å². The number of hydrogen-bond acceptors (Lipinski definition) is 5. The van der Waals surface area contributed by atoms with Crippen LogP contribution in [0, 0.1) is 0 Å². The van der Waals surface area contributed by atoms with E-state index in [2.05, 4.69) is 15.2 Å². The summed E-state index contributed by atoms with van der Waals surface area (Å²) in [7, 11) is 0.608. The van der Waals surface area contributed by atoms with Crippen molar-refractivity contribution in [1.82, 2.24) is 14.2 Å². The lowest BCUT2D eigenvalue weighted by atomic mass is 10.1. The highest BCUT2D eigenvalue weighted by atomic mass is 32.2. The van der Waals surface area contributed by atoms with Gasteiger partial charge in [0, 0.05) is 31.9 Å². The van der Waals surface area contributed by atoms with E-state index in [0.717, 1.165) is 12.8 Å². The molecule has 0 atom stereocenters. The second-order valence-corrected chi connectivity index (χ2v) is 7.39. The molecule has 0 amide bonds. The number of piperidine rings is 1. The number of pyridine rings is 1. The Bertz CT molecular complexity index is 566. The Morgan fingerprint density at radius 3 is 2.62 bits per heavy atom. The van der Waals surface area contributed by atoms with E-state index in [-0.39, 0.29) is 4.90 Å². The average Bonchev–Trinajstić information content (AvgIpc) is 2.48. The van der Waals surface area contributed by atoms with Crippen molar-refractivity contribution in [2.24, 2.45) is 0 Å². The third kappa shape index (κ3) is 3.53. The van der Waals surface area contributed by atoms with Crippen LogP contribution in [0.5, 0.6) is 0 Å². The number of anilines is 1. The molecule has 0 saturated carbocycles. The van der Waals surface area contributed by atoms with Crippen LogP contribution in [0.15, 0.2) is 23.2 Å². The molecule has 1 aromatic rings. The van der Waals surface area contributed by atoms with Gasteiger partial charge in [0.1, 0.15) is 10.7 Å². The summed E-state index contributed by atoms with van der Waals surface area (Å²) in [6.45, 7) is 3.69. The number of rotatable bonds is 5. The lowest BCUT2D eigenvalue weighted by Crippen LogP contribution is -2.44. The van der Waals surface area contributed by atoms with Gasteiger partial charge in [0.15, 0.2) is 0 Å². The molecule has 0 bridgehead atoms. The molecule has 0 unspecified atom stereocenters. The highest BCUT2D eigenvalue weighted by Gasteiger charge is 2.31. The maximum Gasteiger partial charge on any atom is 0.246 e. The predicted molar refractivity (Wildman–Crippen MR) is 83.9 cm³/mol. The third-order valence-corrected chi connectivity index (χ3v) is 5.82. The molecule has 2 heterocycles. The van der Waals surface area contributed by atoms with E-state index in [1.54, 1.807) is 22.6 Å². The highest BCUT2D eigenvalue weighted by Crippen LogP contribution is 2.26. The molecule has 0 radical (unpaired) electrons. The zero-order valence-corrected chi connectivity index (χ0v) is 13.7. The van der Waals surface area contributed by atoms with Crippen LogP contribution in [0.2, 0.25) is 0 Å². The molecule has 2 rings (SSSR count). The van der Waals surface area contributed by atoms with Gasteiger partial charge >= 0.3 is 0 Å². The number of aromatic nitrogens is 1. The van der Waals surface area contributed by atoms with Crippen LogP contribution in [0.4, 0.5) is 5.82 Å². The molecule has 118 valence electrons. The van der Waals surface area contributed by atoms with E-state index in [0.29, 0.717) is 31.5 Å². The minimum absolute atomic E-state index is 0.273. The largest absolute Gasteiger partial charge is 0.369 e. The van der Waals surface area contributed by atoms with Gasteiger partial charge in [-0.15, -0.1) is 0 Å². The summed E-state index contributed by atoms with van der Waals surface area (Å²) >= 11 is 0. The number of hydrogen-bond donors (Lipinski definition) is 1. The van der Waals surface area contributed by atoms with E-state index < -0.39 is 10.0 Å². The molecule has 1 aliphatic rings. The second kappa shape index (κ2) is 6.72. The molecule has 0 spiro atoms. The minimum atomic E-state index is -3.47. The Morgan fingerprint density at radius 2 is 2.05 bits per heavy atom. The normalized spacial score (nSPS) is 18.1. The molecule has 1 aromatic heterocycles. The van der Waals surface area contributed by atoms with E-state index in [1.165, 1.54) is 0 Å². The lowest BCUT2D eigenvalue weighted by Gasteiger charge is -2.34. The van der Waals surface area contributed by atoms with Gasteiger partial charge in [0.25, 0.3) is 0 Å². The van der Waals surface area contributed by atoms with Gasteiger partial charge in [-0.05, 0) is 46.0 Å². The van der Waals surface area contributed by atoms with Crippen molar-refractivity contribution in [3.05, 3.63) is 18.3 Å². The molecule has 1 fully saturated rings. The Balaban J connectivity index is 2.20. The summed E-state index contributed by atoms with van der Waals surface area (Å²) < 4.78 is 27.2. The summed E-state index contributed by atoms with van der Waals surface area (Å²) in [6, 6.07) is 3.75. The fraction of sp³-hybridized carbons (Fsp3) is 0.643. The Labute approximate surface area is 127 Å². The standard InChI is InChI=1S/C14H24N4O2S/c1-4-15-14-13(6-5-9-16-14)21(19,20)18-10-7-12(8-11-18)17(2)3/h5-6,9,12H,4,7-8,10-11H2,1-3H3,(H,15,16). The van der Waals surface area contributed by atoms with Crippen LogP contribution in [-0.2, 0) is 10.0 Å². The van der Waals surface area contributed by atoms with Gasteiger partial charge in [-0.25, -0.2) is 13.4 Å². The van der Waals surface area contributed by atoms with Gasteiger partial charge < -0.3 is 10.2 Å². The Hall–Kier alpha value is -1.18. The molecule has 0 aromatic carbocycles. The van der Waals surface area contributed by atoms with Crippen molar-refractivity contribution in [2.75, 3.05) is 39.0 Å². The Kier molecular flexibility index (Phi) is 5.18. The zero-order chi connectivity index (χ0) is 15.5. The summed E-state index contributed by atoms with van der Waals surface area (Å²) in [5, 5.41) is 3.02. The van der Waals surface area contributed by atoms with Gasteiger partial charge in [0.05, 0.1) is 0 Å². The molecule has 1 aliphatic heterocycles. The smallest absolute Gasteiger partial charge is 0.246 e. The van der Waals surface area contributed by atoms with Gasteiger partial charge in [-0.1, -0.05) is 0 Å². The maximum atomic E-state index is 12.8. The fourth-order valence-electron chi connectivity index (χ4n) is 2.64. The van der Waals surface area contributed by atoms with Crippen molar-refractivity contribution in [1.29, 1.82) is 0 Å². The van der Waals surface area contributed by atoms with E-state index in [4.69, 9.17) is 0 Å². The SMILES string of the molecule is CCNc1ncccc1S(=O)(=O)N1CCC(N(C)C)CC1. The van der Waals surface area contributed by atoms with Crippen molar-refractivity contribution < 1.29 is 8.42 Å². The molecule has 1 N–H and O–H groups in total. The lowest BCUT2D eigenvalue weighted by molar-refractivity contribution is 0.196.